The summed E-state index contributed by atoms with van der Waals surface area (Å²) in [6.07, 6.45) is -22.0. The van der Waals surface area contributed by atoms with Crippen molar-refractivity contribution in [3.63, 3.8) is 0 Å². The van der Waals surface area contributed by atoms with Crippen molar-refractivity contribution in [1.82, 2.24) is 0 Å². The van der Waals surface area contributed by atoms with Gasteiger partial charge in [0.2, 0.25) is 0 Å². The minimum Gasteiger partial charge on any atom is -0.452 e. The molecule has 0 aliphatic carbocycles. The number of benzene rings is 9. The lowest BCUT2D eigenvalue weighted by atomic mass is 9.96. The number of fused-ring (bicyclic) bond motifs is 1. The maximum atomic E-state index is 14.9. The summed E-state index contributed by atoms with van der Waals surface area (Å²) >= 11 is 0. The molecule has 4 aliphatic heterocycles. The van der Waals surface area contributed by atoms with E-state index in [2.05, 4.69) is 0 Å². The van der Waals surface area contributed by atoms with Crippen LogP contribution in [0, 0.1) is 0 Å². The molecule has 0 unspecified atom stereocenters. The summed E-state index contributed by atoms with van der Waals surface area (Å²) in [5.74, 6) is -4.40. The summed E-state index contributed by atoms with van der Waals surface area (Å²) in [7, 11) is 1.48. The fraction of sp³-hybridized carbons (Fsp3) is 0.280. The Labute approximate surface area is 595 Å². The third kappa shape index (κ3) is 18.2. The van der Waals surface area contributed by atoms with Crippen LogP contribution < -0.4 is 0 Å². The predicted octanol–water partition coefficient (Wildman–Crippen LogP) is 11.8. The normalized spacial score (nSPS) is 25.9. The molecule has 0 radical (unpaired) electrons. The first kappa shape index (κ1) is 71.3. The van der Waals surface area contributed by atoms with Gasteiger partial charge in [-0.2, -0.15) is 0 Å². The summed E-state index contributed by atoms with van der Waals surface area (Å²) in [5.41, 5.74) is 3.71. The fourth-order valence-electron chi connectivity index (χ4n) is 12.5. The van der Waals surface area contributed by atoms with Gasteiger partial charge in [-0.05, 0) is 77.4 Å². The zero-order valence-corrected chi connectivity index (χ0v) is 56.0. The topological polar surface area (TPSA) is 233 Å². The molecular weight excluding hydrogens is 1320 g/mol. The van der Waals surface area contributed by atoms with Gasteiger partial charge in [0.25, 0.3) is 0 Å². The van der Waals surface area contributed by atoms with Gasteiger partial charge >= 0.3 is 29.8 Å². The standard InChI is InChI=1S/C82H76O21/c1-88-80-71(91-49-55-33-15-4-16-34-55)68(90-48-54-31-13-3-14-32-54)65(89-47-53-29-11-2-12-30-53)62(95-80)50-93-81-72(101-77(86)59-41-23-8-24-42-59)69(99-75(84)57-37-19-6-20-38-57)66(98-74(83)56-35-17-5-18-36-56)63(96-81)52-94-82-73(102-78(87)60-43-25-9-26-44-60)70(100-76(85)58-39-21-7-22-40-58)67-64(97-82)51-92-79(103-67)61-45-27-10-28-46-61/h2-46,62-73,79-82H,47-52H2,1H3/t62-,63-,64-,65-,66-,67+,68+,69+,70+,71-,72-,73-,79+,80+,81-,82-/m1/s1. The van der Waals surface area contributed by atoms with E-state index < -0.39 is 141 Å². The lowest BCUT2D eigenvalue weighted by molar-refractivity contribution is -0.368. The number of carbonyl (C=O) groups excluding carboxylic acids is 5. The highest BCUT2D eigenvalue weighted by molar-refractivity contribution is 5.92. The average molecular weight is 1400 g/mol. The van der Waals surface area contributed by atoms with E-state index in [9.17, 15) is 24.0 Å². The van der Waals surface area contributed by atoms with Gasteiger partial charge in [-0.3, -0.25) is 0 Å². The van der Waals surface area contributed by atoms with Gasteiger partial charge in [0.15, 0.2) is 55.7 Å². The molecule has 4 heterocycles. The number of rotatable bonds is 27. The second kappa shape index (κ2) is 35.2. The van der Waals surface area contributed by atoms with Crippen molar-refractivity contribution in [2.45, 2.75) is 118 Å². The van der Waals surface area contributed by atoms with E-state index in [-0.39, 0.29) is 54.2 Å². The molecule has 4 saturated heterocycles. The number of hydrogen-bond donors (Lipinski definition) is 0. The van der Waals surface area contributed by atoms with Crippen LogP contribution in [0.15, 0.2) is 273 Å². The van der Waals surface area contributed by atoms with Crippen LogP contribution in [0.2, 0.25) is 0 Å². The van der Waals surface area contributed by atoms with Crippen LogP contribution in [0.1, 0.15) is 80.3 Å². The molecule has 0 amide bonds. The van der Waals surface area contributed by atoms with Gasteiger partial charge in [-0.15, -0.1) is 0 Å². The number of carbonyl (C=O) groups is 5. The summed E-state index contributed by atoms with van der Waals surface area (Å²) in [6.45, 7) is -0.983. The summed E-state index contributed by atoms with van der Waals surface area (Å²) in [5, 5.41) is 0. The highest BCUT2D eigenvalue weighted by Crippen LogP contribution is 2.40. The summed E-state index contributed by atoms with van der Waals surface area (Å²) in [4.78, 5) is 73.7. The Morgan fingerprint density at radius 1 is 0.311 bits per heavy atom. The summed E-state index contributed by atoms with van der Waals surface area (Å²) < 4.78 is 107. The van der Waals surface area contributed by atoms with E-state index in [0.717, 1.165) is 16.7 Å². The van der Waals surface area contributed by atoms with Crippen molar-refractivity contribution in [2.24, 2.45) is 0 Å². The van der Waals surface area contributed by atoms with E-state index in [1.54, 1.807) is 115 Å². The van der Waals surface area contributed by atoms with Crippen LogP contribution >= 0.6 is 0 Å². The quantitative estimate of drug-likeness (QED) is 0.0344. The Bertz CT molecular complexity index is 4140. The Kier molecular flexibility index (Phi) is 24.4. The first-order valence-electron chi connectivity index (χ1n) is 33.9. The smallest absolute Gasteiger partial charge is 0.338 e. The van der Waals surface area contributed by atoms with E-state index in [1.807, 2.05) is 121 Å². The SMILES string of the molecule is CO[C@H]1O[C@H](CO[C@@H]2O[C@H](CO[C@@H]3O[C@@H]4CO[C@H](c5ccccc5)O[C@@H]4[C@H](OC(=O)c4ccccc4)[C@H]3OC(=O)c3ccccc3)[C@@H](OC(=O)c3ccccc3)[C@H](OC(=O)c3ccccc3)[C@H]2OC(=O)c2ccccc2)[C@@H](OCc2ccccc2)[C@H](OCc2ccccc2)[C@H]1OCc1ccccc1. The Hall–Kier alpha value is -10.1. The van der Waals surface area contributed by atoms with Gasteiger partial charge in [0.05, 0.1) is 67.5 Å². The Morgan fingerprint density at radius 3 is 1.05 bits per heavy atom. The van der Waals surface area contributed by atoms with Crippen LogP contribution in [-0.2, 0) is 95.6 Å². The largest absolute Gasteiger partial charge is 0.452 e. The zero-order chi connectivity index (χ0) is 70.7. The molecule has 0 N–H and O–H groups in total. The molecular formula is C82H76O21. The Balaban J connectivity index is 0.899. The molecule has 4 aliphatic rings. The van der Waals surface area contributed by atoms with Crippen LogP contribution in [0.3, 0.4) is 0 Å². The van der Waals surface area contributed by atoms with Crippen LogP contribution in [-0.4, -0.2) is 149 Å². The third-order valence-corrected chi connectivity index (χ3v) is 17.7. The zero-order valence-electron chi connectivity index (χ0n) is 56.0. The van der Waals surface area contributed by atoms with Crippen molar-refractivity contribution in [1.29, 1.82) is 0 Å². The maximum absolute atomic E-state index is 14.9. The van der Waals surface area contributed by atoms with Gasteiger partial charge in [-0.1, -0.05) is 212 Å². The van der Waals surface area contributed by atoms with Crippen molar-refractivity contribution in [3.05, 3.63) is 323 Å². The minimum absolute atomic E-state index is 0.0624. The van der Waals surface area contributed by atoms with Crippen LogP contribution in [0.25, 0.3) is 0 Å². The lowest BCUT2D eigenvalue weighted by Gasteiger charge is -2.49. The minimum atomic E-state index is -1.82. The predicted molar refractivity (Wildman–Crippen MR) is 368 cm³/mol. The number of ether oxygens (including phenoxy) is 16. The molecule has 13 rings (SSSR count). The van der Waals surface area contributed by atoms with Crippen molar-refractivity contribution in [2.75, 3.05) is 26.9 Å². The van der Waals surface area contributed by atoms with Crippen LogP contribution in [0.5, 0.6) is 0 Å². The molecule has 0 aromatic heterocycles. The van der Waals surface area contributed by atoms with E-state index >= 15 is 0 Å². The van der Waals surface area contributed by atoms with Gasteiger partial charge in [0, 0.05) is 12.7 Å². The number of methoxy groups -OCH3 is 1. The molecule has 0 saturated carbocycles. The first-order valence-corrected chi connectivity index (χ1v) is 33.9. The summed E-state index contributed by atoms with van der Waals surface area (Å²) in [6, 6.07) is 78.3. The number of hydrogen-bond acceptors (Lipinski definition) is 21. The van der Waals surface area contributed by atoms with Gasteiger partial charge in [-0.25, -0.2) is 24.0 Å². The fourth-order valence-corrected chi connectivity index (χ4v) is 12.5. The molecule has 9 aromatic rings. The highest BCUT2D eigenvalue weighted by atomic mass is 16.8. The Morgan fingerprint density at radius 2 is 0.631 bits per heavy atom. The molecule has 103 heavy (non-hydrogen) atoms. The van der Waals surface area contributed by atoms with E-state index in [4.69, 9.17) is 75.8 Å². The number of esters is 5. The first-order chi connectivity index (χ1) is 50.6. The second-order valence-electron chi connectivity index (χ2n) is 24.7. The second-order valence-corrected chi connectivity index (χ2v) is 24.7. The van der Waals surface area contributed by atoms with Crippen molar-refractivity contribution < 1.29 is 99.8 Å². The third-order valence-electron chi connectivity index (χ3n) is 17.7. The van der Waals surface area contributed by atoms with Crippen LogP contribution in [0.4, 0.5) is 0 Å². The van der Waals surface area contributed by atoms with E-state index in [0.29, 0.717) is 5.56 Å². The molecule has 4 fully saturated rings. The van der Waals surface area contributed by atoms with Crippen molar-refractivity contribution in [3.8, 4) is 0 Å². The molecule has 21 heteroatoms. The van der Waals surface area contributed by atoms with Crippen molar-refractivity contribution >= 4 is 29.8 Å². The maximum Gasteiger partial charge on any atom is 0.338 e. The van der Waals surface area contributed by atoms with Gasteiger partial charge < -0.3 is 75.8 Å². The van der Waals surface area contributed by atoms with Gasteiger partial charge in [0.1, 0.15) is 42.7 Å². The highest BCUT2D eigenvalue weighted by Gasteiger charge is 2.58. The molecule has 530 valence electrons. The molecule has 21 nitrogen and oxygen atoms in total. The molecule has 9 aromatic carbocycles. The molecule has 0 spiro atoms. The molecule has 16 atom stereocenters. The lowest BCUT2D eigenvalue weighted by Crippen LogP contribution is -2.66. The molecule has 0 bridgehead atoms. The van der Waals surface area contributed by atoms with E-state index in [1.165, 1.54) is 43.5 Å². The average Bonchev–Trinajstić information content (AvgIpc) is 0.775. The monoisotopic (exact) mass is 1400 g/mol.